The summed E-state index contributed by atoms with van der Waals surface area (Å²) in [6, 6.07) is 11.1. The van der Waals surface area contributed by atoms with Crippen molar-refractivity contribution in [3.05, 3.63) is 70.3 Å². The standard InChI is InChI=1S/C28H36F2/c1-2-3-4-5-6-20-7-9-21(10-8-20)24-14-16-27(28(30)19-24)25-12-11-23-18-26(29)15-13-22(23)17-25/h13-16,18-21,25H,2-12,17H2,1H3. The summed E-state index contributed by atoms with van der Waals surface area (Å²) in [5.41, 5.74) is 4.31. The van der Waals surface area contributed by atoms with E-state index in [0.29, 0.717) is 5.92 Å². The van der Waals surface area contributed by atoms with Gasteiger partial charge < -0.3 is 0 Å². The fourth-order valence-corrected chi connectivity index (χ4v) is 5.76. The number of halogens is 2. The summed E-state index contributed by atoms with van der Waals surface area (Å²) in [6.45, 7) is 2.27. The smallest absolute Gasteiger partial charge is 0.126 e. The number of fused-ring (bicyclic) bond motifs is 1. The van der Waals surface area contributed by atoms with E-state index in [2.05, 4.69) is 13.0 Å². The maximum Gasteiger partial charge on any atom is 0.126 e. The number of aryl methyl sites for hydroxylation is 1. The van der Waals surface area contributed by atoms with E-state index in [1.54, 1.807) is 6.07 Å². The molecule has 0 nitrogen and oxygen atoms in total. The SMILES string of the molecule is CCCCCCC1CCC(c2ccc(C3CCc4cc(F)ccc4C3)c(F)c2)CC1. The minimum Gasteiger partial charge on any atom is -0.207 e. The highest BCUT2D eigenvalue weighted by molar-refractivity contribution is 5.36. The van der Waals surface area contributed by atoms with E-state index in [-0.39, 0.29) is 17.6 Å². The predicted octanol–water partition coefficient (Wildman–Crippen LogP) is 8.48. The van der Waals surface area contributed by atoms with Gasteiger partial charge in [0.2, 0.25) is 0 Å². The molecule has 0 heterocycles. The molecule has 4 rings (SSSR count). The molecule has 0 spiro atoms. The third-order valence-electron chi connectivity index (χ3n) is 7.65. The quantitative estimate of drug-likeness (QED) is 0.401. The molecule has 0 saturated heterocycles. The first-order valence-electron chi connectivity index (χ1n) is 12.2. The highest BCUT2D eigenvalue weighted by Crippen LogP contribution is 2.40. The second-order valence-electron chi connectivity index (χ2n) is 9.70. The van der Waals surface area contributed by atoms with E-state index >= 15 is 4.39 Å². The maximum absolute atomic E-state index is 15.1. The third-order valence-corrected chi connectivity index (χ3v) is 7.65. The molecular formula is C28H36F2. The van der Waals surface area contributed by atoms with Crippen LogP contribution >= 0.6 is 0 Å². The lowest BCUT2D eigenvalue weighted by Gasteiger charge is -2.30. The van der Waals surface area contributed by atoms with Crippen LogP contribution in [0.1, 0.15) is 105 Å². The van der Waals surface area contributed by atoms with Gasteiger partial charge in [0.15, 0.2) is 0 Å². The molecule has 1 unspecified atom stereocenters. The third kappa shape index (κ3) is 5.13. The minimum absolute atomic E-state index is 0.0373. The van der Waals surface area contributed by atoms with Gasteiger partial charge in [0.25, 0.3) is 0 Å². The Bertz CT molecular complexity index is 833. The fraction of sp³-hybridized carbons (Fsp3) is 0.571. The number of hydrogen-bond donors (Lipinski definition) is 0. The summed E-state index contributed by atoms with van der Waals surface area (Å²) in [7, 11) is 0. The van der Waals surface area contributed by atoms with Gasteiger partial charge in [-0.1, -0.05) is 57.2 Å². The van der Waals surface area contributed by atoms with Crippen molar-refractivity contribution < 1.29 is 8.78 Å². The molecular weight excluding hydrogens is 374 g/mol. The first-order valence-corrected chi connectivity index (χ1v) is 12.2. The zero-order chi connectivity index (χ0) is 20.9. The number of hydrogen-bond acceptors (Lipinski definition) is 0. The van der Waals surface area contributed by atoms with Crippen LogP contribution in [0, 0.1) is 17.6 Å². The maximum atomic E-state index is 15.1. The number of rotatable bonds is 7. The normalized spacial score (nSPS) is 23.9. The van der Waals surface area contributed by atoms with E-state index in [0.717, 1.165) is 36.3 Å². The molecule has 162 valence electrons. The lowest BCUT2D eigenvalue weighted by Crippen LogP contribution is -2.16. The Morgan fingerprint density at radius 1 is 0.800 bits per heavy atom. The molecule has 0 radical (unpaired) electrons. The summed E-state index contributed by atoms with van der Waals surface area (Å²) in [5, 5.41) is 0. The van der Waals surface area contributed by atoms with Crippen LogP contribution in [-0.2, 0) is 12.8 Å². The van der Waals surface area contributed by atoms with Crippen LogP contribution in [0.3, 0.4) is 0 Å². The molecule has 2 aliphatic carbocycles. The molecule has 0 amide bonds. The average Bonchev–Trinajstić information content (AvgIpc) is 2.77. The highest BCUT2D eigenvalue weighted by Gasteiger charge is 2.26. The molecule has 1 fully saturated rings. The molecule has 0 N–H and O–H groups in total. The van der Waals surface area contributed by atoms with Gasteiger partial charge in [0, 0.05) is 0 Å². The molecule has 1 atom stereocenters. The number of unbranched alkanes of at least 4 members (excludes halogenated alkanes) is 3. The van der Waals surface area contributed by atoms with Crippen LogP contribution in [0.25, 0.3) is 0 Å². The minimum atomic E-state index is -0.168. The molecule has 2 aliphatic rings. The van der Waals surface area contributed by atoms with Gasteiger partial charge in [0.05, 0.1) is 0 Å². The van der Waals surface area contributed by atoms with Crippen molar-refractivity contribution in [2.24, 2.45) is 5.92 Å². The van der Waals surface area contributed by atoms with E-state index < -0.39 is 0 Å². The number of benzene rings is 2. The lowest BCUT2D eigenvalue weighted by molar-refractivity contribution is 0.301. The first kappa shape index (κ1) is 21.5. The molecule has 0 bridgehead atoms. The Kier molecular flexibility index (Phi) is 7.23. The van der Waals surface area contributed by atoms with Crippen molar-refractivity contribution in [3.8, 4) is 0 Å². The summed E-state index contributed by atoms with van der Waals surface area (Å²) < 4.78 is 28.5. The van der Waals surface area contributed by atoms with Gasteiger partial charge in [-0.05, 0) is 103 Å². The van der Waals surface area contributed by atoms with Crippen LogP contribution in [0.2, 0.25) is 0 Å². The van der Waals surface area contributed by atoms with Crippen LogP contribution < -0.4 is 0 Å². The summed E-state index contributed by atoms with van der Waals surface area (Å²) >= 11 is 0. The molecule has 30 heavy (non-hydrogen) atoms. The molecule has 0 aromatic heterocycles. The monoisotopic (exact) mass is 410 g/mol. The summed E-state index contributed by atoms with van der Waals surface area (Å²) in [6.07, 6.45) is 14.4. The predicted molar refractivity (Wildman–Crippen MR) is 121 cm³/mol. The summed E-state index contributed by atoms with van der Waals surface area (Å²) in [4.78, 5) is 0. The van der Waals surface area contributed by atoms with Crippen LogP contribution in [0.5, 0.6) is 0 Å². The van der Waals surface area contributed by atoms with Crippen molar-refractivity contribution in [2.45, 2.75) is 95.8 Å². The van der Waals surface area contributed by atoms with E-state index in [9.17, 15) is 4.39 Å². The van der Waals surface area contributed by atoms with Crippen molar-refractivity contribution in [2.75, 3.05) is 0 Å². The lowest BCUT2D eigenvalue weighted by atomic mass is 9.76. The topological polar surface area (TPSA) is 0 Å². The first-order chi connectivity index (χ1) is 14.6. The van der Waals surface area contributed by atoms with E-state index in [1.165, 1.54) is 75.0 Å². The molecule has 2 heteroatoms. The van der Waals surface area contributed by atoms with Crippen LogP contribution in [-0.4, -0.2) is 0 Å². The van der Waals surface area contributed by atoms with Crippen molar-refractivity contribution in [3.63, 3.8) is 0 Å². The second kappa shape index (κ2) is 10.1. The van der Waals surface area contributed by atoms with Crippen LogP contribution in [0.15, 0.2) is 36.4 Å². The van der Waals surface area contributed by atoms with Crippen molar-refractivity contribution >= 4 is 0 Å². The Morgan fingerprint density at radius 2 is 1.63 bits per heavy atom. The fourth-order valence-electron chi connectivity index (χ4n) is 5.76. The van der Waals surface area contributed by atoms with Gasteiger partial charge in [-0.25, -0.2) is 8.78 Å². The Morgan fingerprint density at radius 3 is 2.40 bits per heavy atom. The van der Waals surface area contributed by atoms with Crippen molar-refractivity contribution in [1.29, 1.82) is 0 Å². The molecule has 2 aromatic carbocycles. The highest BCUT2D eigenvalue weighted by atomic mass is 19.1. The summed E-state index contributed by atoms with van der Waals surface area (Å²) in [5.74, 6) is 1.41. The van der Waals surface area contributed by atoms with Gasteiger partial charge in [-0.15, -0.1) is 0 Å². The van der Waals surface area contributed by atoms with Crippen LogP contribution in [0.4, 0.5) is 8.78 Å². The average molecular weight is 411 g/mol. The Balaban J connectivity index is 1.34. The van der Waals surface area contributed by atoms with Gasteiger partial charge in [-0.3, -0.25) is 0 Å². The molecule has 2 aromatic rings. The Labute approximate surface area is 181 Å². The van der Waals surface area contributed by atoms with Crippen molar-refractivity contribution in [1.82, 2.24) is 0 Å². The van der Waals surface area contributed by atoms with E-state index in [4.69, 9.17) is 0 Å². The molecule has 0 aliphatic heterocycles. The molecule has 1 saturated carbocycles. The Hall–Kier alpha value is -1.70. The van der Waals surface area contributed by atoms with E-state index in [1.807, 2.05) is 18.2 Å². The van der Waals surface area contributed by atoms with Gasteiger partial charge in [0.1, 0.15) is 11.6 Å². The zero-order valence-electron chi connectivity index (χ0n) is 18.4. The van der Waals surface area contributed by atoms with Gasteiger partial charge in [-0.2, -0.15) is 0 Å². The zero-order valence-corrected chi connectivity index (χ0v) is 18.4. The second-order valence-corrected chi connectivity index (χ2v) is 9.70. The van der Waals surface area contributed by atoms with Gasteiger partial charge >= 0.3 is 0 Å². The largest absolute Gasteiger partial charge is 0.207 e.